The summed E-state index contributed by atoms with van der Waals surface area (Å²) in [5, 5.41) is 0. The molecule has 0 saturated heterocycles. The molecule has 102 valence electrons. The maximum Gasteiger partial charge on any atom is 0.123 e. The number of ether oxygens (including phenoxy) is 1. The molecule has 1 unspecified atom stereocenters. The highest BCUT2D eigenvalue weighted by Crippen LogP contribution is 2.19. The van der Waals surface area contributed by atoms with Gasteiger partial charge in [-0.15, -0.1) is 0 Å². The van der Waals surface area contributed by atoms with Crippen molar-refractivity contribution in [2.45, 2.75) is 25.8 Å². The molecule has 0 aliphatic rings. The van der Waals surface area contributed by atoms with Crippen LogP contribution < -0.4 is 10.6 Å². The lowest BCUT2D eigenvalue weighted by atomic mass is 10.1. The van der Waals surface area contributed by atoms with Gasteiger partial charge < -0.3 is 15.4 Å². The van der Waals surface area contributed by atoms with Crippen LogP contribution in [0.2, 0.25) is 0 Å². The van der Waals surface area contributed by atoms with E-state index < -0.39 is 0 Å². The average Bonchev–Trinajstić information content (AvgIpc) is 2.38. The molecule has 2 N–H and O–H groups in total. The second-order valence-electron chi connectivity index (χ2n) is 4.44. The maximum absolute atomic E-state index is 12.9. The normalized spacial score (nSPS) is 12.4. The number of hydrogen-bond donors (Lipinski definition) is 1. The van der Waals surface area contributed by atoms with Crippen LogP contribution in [-0.2, 0) is 4.74 Å². The van der Waals surface area contributed by atoms with E-state index in [2.05, 4.69) is 11.8 Å². The molecule has 18 heavy (non-hydrogen) atoms. The zero-order valence-electron chi connectivity index (χ0n) is 11.2. The van der Waals surface area contributed by atoms with Crippen LogP contribution in [-0.4, -0.2) is 32.8 Å². The zero-order valence-corrected chi connectivity index (χ0v) is 11.2. The Hall–Kier alpha value is -1.13. The van der Waals surface area contributed by atoms with Gasteiger partial charge in [0.05, 0.1) is 0 Å². The Morgan fingerprint density at radius 1 is 1.33 bits per heavy atom. The number of nitrogens with two attached hydrogens (primary N) is 1. The van der Waals surface area contributed by atoms with Gasteiger partial charge in [0.2, 0.25) is 0 Å². The molecule has 0 aromatic heterocycles. The minimum Gasteiger partial charge on any atom is -0.385 e. The third-order valence-corrected chi connectivity index (χ3v) is 3.03. The molecular formula is C14H23FN2O. The van der Waals surface area contributed by atoms with E-state index in [0.717, 1.165) is 31.7 Å². The lowest BCUT2D eigenvalue weighted by Crippen LogP contribution is -2.35. The first kappa shape index (κ1) is 14.9. The van der Waals surface area contributed by atoms with E-state index in [-0.39, 0.29) is 5.82 Å². The maximum atomic E-state index is 12.9. The molecule has 0 amide bonds. The fourth-order valence-corrected chi connectivity index (χ4v) is 1.94. The molecule has 0 heterocycles. The van der Waals surface area contributed by atoms with Gasteiger partial charge in [0.15, 0.2) is 0 Å². The number of rotatable bonds is 8. The Balaban J connectivity index is 2.73. The molecule has 1 aromatic rings. The van der Waals surface area contributed by atoms with Crippen molar-refractivity contribution in [3.63, 3.8) is 0 Å². The molecule has 3 nitrogen and oxygen atoms in total. The van der Waals surface area contributed by atoms with Gasteiger partial charge in [-0.2, -0.15) is 0 Å². The van der Waals surface area contributed by atoms with Crippen LogP contribution in [0, 0.1) is 5.82 Å². The summed E-state index contributed by atoms with van der Waals surface area (Å²) in [6.07, 6.45) is 1.87. The van der Waals surface area contributed by atoms with Crippen LogP contribution in [0.3, 0.4) is 0 Å². The van der Waals surface area contributed by atoms with Crippen LogP contribution in [0.25, 0.3) is 0 Å². The molecule has 0 bridgehead atoms. The lowest BCUT2D eigenvalue weighted by molar-refractivity contribution is 0.188. The van der Waals surface area contributed by atoms with E-state index in [1.807, 2.05) is 12.1 Å². The topological polar surface area (TPSA) is 38.5 Å². The second-order valence-corrected chi connectivity index (χ2v) is 4.44. The molecule has 0 radical (unpaired) electrons. The van der Waals surface area contributed by atoms with E-state index in [0.29, 0.717) is 12.6 Å². The molecule has 0 saturated carbocycles. The zero-order chi connectivity index (χ0) is 13.4. The smallest absolute Gasteiger partial charge is 0.123 e. The lowest BCUT2D eigenvalue weighted by Gasteiger charge is -2.31. The monoisotopic (exact) mass is 254 g/mol. The minimum atomic E-state index is -0.206. The summed E-state index contributed by atoms with van der Waals surface area (Å²) >= 11 is 0. The van der Waals surface area contributed by atoms with Crippen LogP contribution in [0.4, 0.5) is 10.1 Å². The predicted molar refractivity (Wildman–Crippen MR) is 73.4 cm³/mol. The van der Waals surface area contributed by atoms with E-state index in [4.69, 9.17) is 10.5 Å². The Morgan fingerprint density at radius 3 is 2.56 bits per heavy atom. The summed E-state index contributed by atoms with van der Waals surface area (Å²) in [6.45, 7) is 4.42. The Bertz CT molecular complexity index is 329. The average molecular weight is 254 g/mol. The third kappa shape index (κ3) is 4.63. The standard InChI is InChI=1S/C14H23FN2O/c1-12(8-11-18-2)17(10-3-9-16)14-6-4-13(15)5-7-14/h4-7,12H,3,8-11,16H2,1-2H3. The first-order chi connectivity index (χ1) is 8.69. The van der Waals surface area contributed by atoms with E-state index in [1.54, 1.807) is 7.11 Å². The SMILES string of the molecule is COCCC(C)N(CCCN)c1ccc(F)cc1. The van der Waals surface area contributed by atoms with Crippen molar-refractivity contribution in [1.82, 2.24) is 0 Å². The largest absolute Gasteiger partial charge is 0.385 e. The Kier molecular flexibility index (Phi) is 6.68. The fraction of sp³-hybridized carbons (Fsp3) is 0.571. The molecule has 1 rings (SSSR count). The number of methoxy groups -OCH3 is 1. The van der Waals surface area contributed by atoms with Gasteiger partial charge in [0.1, 0.15) is 5.82 Å². The van der Waals surface area contributed by atoms with E-state index in [9.17, 15) is 4.39 Å². The Labute approximate surface area is 109 Å². The molecule has 1 atom stereocenters. The van der Waals surface area contributed by atoms with Crippen molar-refractivity contribution in [3.05, 3.63) is 30.1 Å². The summed E-state index contributed by atoms with van der Waals surface area (Å²) < 4.78 is 18.1. The fourth-order valence-electron chi connectivity index (χ4n) is 1.94. The van der Waals surface area contributed by atoms with Crippen LogP contribution in [0.5, 0.6) is 0 Å². The highest BCUT2D eigenvalue weighted by atomic mass is 19.1. The highest BCUT2D eigenvalue weighted by molar-refractivity contribution is 5.47. The summed E-state index contributed by atoms with van der Waals surface area (Å²) in [5.74, 6) is -0.206. The van der Waals surface area contributed by atoms with Gasteiger partial charge in [-0.3, -0.25) is 0 Å². The molecule has 4 heteroatoms. The number of hydrogen-bond acceptors (Lipinski definition) is 3. The summed E-state index contributed by atoms with van der Waals surface area (Å²) in [5.41, 5.74) is 6.60. The van der Waals surface area contributed by atoms with Crippen LogP contribution >= 0.6 is 0 Å². The van der Waals surface area contributed by atoms with Crippen molar-refractivity contribution >= 4 is 5.69 Å². The molecular weight excluding hydrogens is 231 g/mol. The first-order valence-corrected chi connectivity index (χ1v) is 6.40. The predicted octanol–water partition coefficient (Wildman–Crippen LogP) is 2.41. The van der Waals surface area contributed by atoms with Gasteiger partial charge in [-0.1, -0.05) is 0 Å². The van der Waals surface area contributed by atoms with Gasteiger partial charge in [-0.05, 0) is 50.6 Å². The molecule has 0 spiro atoms. The third-order valence-electron chi connectivity index (χ3n) is 3.03. The van der Waals surface area contributed by atoms with Crippen molar-refractivity contribution in [3.8, 4) is 0 Å². The molecule has 0 aliphatic carbocycles. The molecule has 1 aromatic carbocycles. The number of halogens is 1. The number of nitrogens with zero attached hydrogens (tertiary/aromatic N) is 1. The van der Waals surface area contributed by atoms with Gasteiger partial charge in [-0.25, -0.2) is 4.39 Å². The van der Waals surface area contributed by atoms with E-state index in [1.165, 1.54) is 12.1 Å². The highest BCUT2D eigenvalue weighted by Gasteiger charge is 2.13. The van der Waals surface area contributed by atoms with Gasteiger partial charge in [0.25, 0.3) is 0 Å². The molecule has 0 fully saturated rings. The first-order valence-electron chi connectivity index (χ1n) is 6.40. The molecule has 0 aliphatic heterocycles. The van der Waals surface area contributed by atoms with E-state index >= 15 is 0 Å². The minimum absolute atomic E-state index is 0.206. The van der Waals surface area contributed by atoms with Crippen molar-refractivity contribution in [2.24, 2.45) is 5.73 Å². The summed E-state index contributed by atoms with van der Waals surface area (Å²) in [4.78, 5) is 2.26. The van der Waals surface area contributed by atoms with Crippen molar-refractivity contribution in [1.29, 1.82) is 0 Å². The number of benzene rings is 1. The summed E-state index contributed by atoms with van der Waals surface area (Å²) in [6, 6.07) is 6.97. The Morgan fingerprint density at radius 2 is 2.00 bits per heavy atom. The van der Waals surface area contributed by atoms with Crippen LogP contribution in [0.15, 0.2) is 24.3 Å². The van der Waals surface area contributed by atoms with Crippen molar-refractivity contribution in [2.75, 3.05) is 31.7 Å². The number of anilines is 1. The van der Waals surface area contributed by atoms with Gasteiger partial charge in [0, 0.05) is 32.0 Å². The summed E-state index contributed by atoms with van der Waals surface area (Å²) in [7, 11) is 1.70. The van der Waals surface area contributed by atoms with Crippen LogP contribution in [0.1, 0.15) is 19.8 Å². The van der Waals surface area contributed by atoms with Crippen molar-refractivity contribution < 1.29 is 9.13 Å². The quantitative estimate of drug-likeness (QED) is 0.774. The van der Waals surface area contributed by atoms with Gasteiger partial charge >= 0.3 is 0 Å². The second kappa shape index (κ2) is 8.06.